The summed E-state index contributed by atoms with van der Waals surface area (Å²) in [4.78, 5) is 47.4. The fourth-order valence-corrected chi connectivity index (χ4v) is 4.01. The second kappa shape index (κ2) is 24.4. The van der Waals surface area contributed by atoms with Gasteiger partial charge in [-0.15, -0.1) is 0 Å². The van der Waals surface area contributed by atoms with Crippen LogP contribution in [0.15, 0.2) is 54.7 Å². The van der Waals surface area contributed by atoms with E-state index in [-0.39, 0.29) is 44.2 Å². The minimum atomic E-state index is -1.28. The molecule has 1 amide bonds. The van der Waals surface area contributed by atoms with Crippen LogP contribution in [0.25, 0.3) is 0 Å². The van der Waals surface area contributed by atoms with E-state index in [1.54, 1.807) is 0 Å². The Labute approximate surface area is 260 Å². The van der Waals surface area contributed by atoms with E-state index in [9.17, 15) is 34.5 Å². The summed E-state index contributed by atoms with van der Waals surface area (Å²) in [6.07, 6.45) is 22.5. The fourth-order valence-electron chi connectivity index (χ4n) is 4.01. The van der Waals surface area contributed by atoms with E-state index in [1.165, 1.54) is 37.5 Å². The van der Waals surface area contributed by atoms with E-state index >= 15 is 0 Å². The first-order chi connectivity index (χ1) is 21.2. The third kappa shape index (κ3) is 19.9. The SMILES string of the molecule is CCCCC/C=C\C/C=C\C/C=C\CCCCC(=O)OCCCOC(=O)CCC(=O)N[C@@H](Cc1ccc(O)c(O)c1)C(=O)O. The lowest BCUT2D eigenvalue weighted by Gasteiger charge is -2.15. The quantitative estimate of drug-likeness (QED) is 0.0469. The molecule has 0 saturated carbocycles. The Bertz CT molecular complexity index is 1090. The molecule has 1 rings (SSSR count). The van der Waals surface area contributed by atoms with Crippen LogP contribution in [0.4, 0.5) is 0 Å². The van der Waals surface area contributed by atoms with Crippen LogP contribution in [0.5, 0.6) is 11.5 Å². The number of carbonyl (C=O) groups excluding carboxylic acids is 3. The molecule has 0 fully saturated rings. The number of carboxylic acids is 1. The number of carbonyl (C=O) groups is 4. The molecule has 0 saturated heterocycles. The molecular weight excluding hydrogens is 566 g/mol. The molecule has 10 heteroatoms. The molecule has 244 valence electrons. The molecular formula is C34H49NO9. The molecule has 44 heavy (non-hydrogen) atoms. The molecule has 0 aliphatic heterocycles. The summed E-state index contributed by atoms with van der Waals surface area (Å²) in [6.45, 7) is 2.37. The van der Waals surface area contributed by atoms with E-state index in [0.29, 0.717) is 18.4 Å². The highest BCUT2D eigenvalue weighted by Gasteiger charge is 2.21. The largest absolute Gasteiger partial charge is 0.504 e. The Morgan fingerprint density at radius 3 is 1.93 bits per heavy atom. The zero-order chi connectivity index (χ0) is 32.4. The van der Waals surface area contributed by atoms with Gasteiger partial charge in [0.25, 0.3) is 0 Å². The summed E-state index contributed by atoms with van der Waals surface area (Å²) in [6, 6.07) is 2.58. The van der Waals surface area contributed by atoms with E-state index in [1.807, 2.05) is 0 Å². The highest BCUT2D eigenvalue weighted by atomic mass is 16.5. The summed E-state index contributed by atoms with van der Waals surface area (Å²) in [5, 5.41) is 30.6. The highest BCUT2D eigenvalue weighted by molar-refractivity contribution is 5.86. The lowest BCUT2D eigenvalue weighted by atomic mass is 10.0. The van der Waals surface area contributed by atoms with Crippen molar-refractivity contribution in [2.75, 3.05) is 13.2 Å². The van der Waals surface area contributed by atoms with Gasteiger partial charge in [-0.2, -0.15) is 0 Å². The summed E-state index contributed by atoms with van der Waals surface area (Å²) < 4.78 is 10.2. The Morgan fingerprint density at radius 1 is 0.750 bits per heavy atom. The monoisotopic (exact) mass is 615 g/mol. The number of allylic oxidation sites excluding steroid dienone is 6. The first kappa shape index (κ1) is 37.9. The van der Waals surface area contributed by atoms with Crippen LogP contribution < -0.4 is 5.32 Å². The Kier molecular flexibility index (Phi) is 21.0. The van der Waals surface area contributed by atoms with Gasteiger partial charge in [0.2, 0.25) is 5.91 Å². The van der Waals surface area contributed by atoms with Gasteiger partial charge >= 0.3 is 17.9 Å². The topological polar surface area (TPSA) is 159 Å². The van der Waals surface area contributed by atoms with Gasteiger partial charge in [-0.3, -0.25) is 14.4 Å². The van der Waals surface area contributed by atoms with Crippen LogP contribution in [0.1, 0.15) is 96.0 Å². The molecule has 0 aliphatic rings. The van der Waals surface area contributed by atoms with Gasteiger partial charge in [-0.25, -0.2) is 4.79 Å². The number of ether oxygens (including phenoxy) is 2. The molecule has 10 nitrogen and oxygen atoms in total. The Hall–Kier alpha value is -4.08. The summed E-state index contributed by atoms with van der Waals surface area (Å²) in [7, 11) is 0. The van der Waals surface area contributed by atoms with Crippen LogP contribution in [-0.4, -0.2) is 58.4 Å². The Morgan fingerprint density at radius 2 is 1.34 bits per heavy atom. The van der Waals surface area contributed by atoms with Gasteiger partial charge < -0.3 is 30.1 Å². The van der Waals surface area contributed by atoms with Crippen LogP contribution >= 0.6 is 0 Å². The van der Waals surface area contributed by atoms with Crippen molar-refractivity contribution in [1.29, 1.82) is 0 Å². The maximum absolute atomic E-state index is 12.1. The van der Waals surface area contributed by atoms with Gasteiger partial charge in [0.05, 0.1) is 19.6 Å². The number of benzene rings is 1. The number of esters is 2. The standard InChI is InChI=1S/C34H49NO9/c1-2-3-4-5-6-7-8-9-10-11-12-13-14-15-16-18-32(39)43-23-17-24-44-33(40)22-21-31(38)35-28(34(41)42)25-27-19-20-29(36)30(37)26-27/h6-7,9-10,12-13,19-20,26,28,36-37H,2-5,8,11,14-18,21-25H2,1H3,(H,35,38)(H,41,42)/b7-6-,10-9-,13-12-/t28-/m0/s1. The van der Waals surface area contributed by atoms with Gasteiger partial charge in [-0.1, -0.05) is 62.3 Å². The second-order valence-corrected chi connectivity index (χ2v) is 10.4. The molecule has 0 unspecified atom stereocenters. The van der Waals surface area contributed by atoms with Crippen molar-refractivity contribution in [3.05, 3.63) is 60.2 Å². The van der Waals surface area contributed by atoms with Crippen LogP contribution in [0.3, 0.4) is 0 Å². The molecule has 1 aromatic rings. The number of rotatable bonds is 24. The lowest BCUT2D eigenvalue weighted by Crippen LogP contribution is -2.42. The maximum Gasteiger partial charge on any atom is 0.326 e. The molecule has 0 radical (unpaired) electrons. The average molecular weight is 616 g/mol. The van der Waals surface area contributed by atoms with E-state index < -0.39 is 29.6 Å². The molecule has 0 spiro atoms. The van der Waals surface area contributed by atoms with Crippen molar-refractivity contribution < 1.29 is 44.0 Å². The molecule has 0 aromatic heterocycles. The van der Waals surface area contributed by atoms with Crippen molar-refractivity contribution in [3.63, 3.8) is 0 Å². The number of phenols is 2. The van der Waals surface area contributed by atoms with Crippen LogP contribution in [0.2, 0.25) is 0 Å². The molecule has 0 aliphatic carbocycles. The van der Waals surface area contributed by atoms with Gasteiger partial charge in [0, 0.05) is 25.7 Å². The number of amides is 1. The molecule has 4 N–H and O–H groups in total. The third-order valence-corrected chi connectivity index (χ3v) is 6.50. The lowest BCUT2D eigenvalue weighted by molar-refractivity contribution is -0.147. The van der Waals surface area contributed by atoms with E-state index in [4.69, 9.17) is 9.47 Å². The Balaban J connectivity index is 2.06. The first-order valence-electron chi connectivity index (χ1n) is 15.5. The zero-order valence-electron chi connectivity index (χ0n) is 25.9. The summed E-state index contributed by atoms with van der Waals surface area (Å²) in [5.74, 6) is -3.58. The van der Waals surface area contributed by atoms with Gasteiger partial charge in [-0.05, 0) is 62.6 Å². The second-order valence-electron chi connectivity index (χ2n) is 10.4. The maximum atomic E-state index is 12.1. The normalized spacial score (nSPS) is 12.1. The number of hydrogen-bond donors (Lipinski definition) is 4. The molecule has 0 heterocycles. The number of carboxylic acid groups (broad SMARTS) is 1. The van der Waals surface area contributed by atoms with Crippen molar-refractivity contribution >= 4 is 23.8 Å². The predicted octanol–water partition coefficient (Wildman–Crippen LogP) is 6.06. The van der Waals surface area contributed by atoms with Crippen molar-refractivity contribution in [2.24, 2.45) is 0 Å². The minimum absolute atomic E-state index is 0.0321. The van der Waals surface area contributed by atoms with Gasteiger partial charge in [0.15, 0.2) is 11.5 Å². The van der Waals surface area contributed by atoms with Gasteiger partial charge in [0.1, 0.15) is 6.04 Å². The van der Waals surface area contributed by atoms with Crippen molar-refractivity contribution in [2.45, 2.75) is 103 Å². The van der Waals surface area contributed by atoms with E-state index in [2.05, 4.69) is 48.7 Å². The number of hydrogen-bond acceptors (Lipinski definition) is 8. The predicted molar refractivity (Wildman–Crippen MR) is 168 cm³/mol. The molecule has 0 bridgehead atoms. The van der Waals surface area contributed by atoms with Crippen LogP contribution in [0, 0.1) is 0 Å². The smallest absolute Gasteiger partial charge is 0.326 e. The number of unbranched alkanes of at least 4 members (excludes halogenated alkanes) is 5. The average Bonchev–Trinajstić information content (AvgIpc) is 2.99. The zero-order valence-corrected chi connectivity index (χ0v) is 25.9. The minimum Gasteiger partial charge on any atom is -0.504 e. The number of phenolic OH excluding ortho intramolecular Hbond substituents is 2. The molecule has 1 atom stereocenters. The fraction of sp³-hybridized carbons (Fsp3) is 0.529. The van der Waals surface area contributed by atoms with Crippen molar-refractivity contribution in [1.82, 2.24) is 5.32 Å². The van der Waals surface area contributed by atoms with Crippen molar-refractivity contribution in [3.8, 4) is 11.5 Å². The first-order valence-corrected chi connectivity index (χ1v) is 15.5. The number of aromatic hydroxyl groups is 2. The highest BCUT2D eigenvalue weighted by Crippen LogP contribution is 2.25. The third-order valence-electron chi connectivity index (χ3n) is 6.50. The molecule has 1 aromatic carbocycles. The number of aliphatic carboxylic acids is 1. The summed E-state index contributed by atoms with van der Waals surface area (Å²) in [5.41, 5.74) is 0.399. The van der Waals surface area contributed by atoms with Crippen LogP contribution in [-0.2, 0) is 35.1 Å². The summed E-state index contributed by atoms with van der Waals surface area (Å²) >= 11 is 0. The van der Waals surface area contributed by atoms with E-state index in [0.717, 1.165) is 38.5 Å². The number of nitrogens with one attached hydrogen (secondary N) is 1.